The molecule has 1 N–H and O–H groups in total. The Morgan fingerprint density at radius 3 is 2.19 bits per heavy atom. The molecule has 0 bridgehead atoms. The van der Waals surface area contributed by atoms with Crippen LogP contribution in [0.3, 0.4) is 0 Å². The third-order valence-corrected chi connectivity index (χ3v) is 6.04. The van der Waals surface area contributed by atoms with Gasteiger partial charge in [0, 0.05) is 11.8 Å². The Balaban J connectivity index is 1.91. The summed E-state index contributed by atoms with van der Waals surface area (Å²) in [5.41, 5.74) is 1.40. The highest BCUT2D eigenvalue weighted by Crippen LogP contribution is 2.46. The number of aliphatic hydroxyl groups excluding tert-OH is 1. The van der Waals surface area contributed by atoms with Crippen molar-refractivity contribution in [3.8, 4) is 23.0 Å². The van der Waals surface area contributed by atoms with E-state index in [0.29, 0.717) is 46.4 Å². The molecule has 192 valence electrons. The lowest BCUT2D eigenvalue weighted by atomic mass is 9.94. The first-order valence-corrected chi connectivity index (χ1v) is 11.6. The van der Waals surface area contributed by atoms with Gasteiger partial charge in [0.05, 0.1) is 51.8 Å². The van der Waals surface area contributed by atoms with Crippen molar-refractivity contribution in [3.05, 3.63) is 83.2 Å². The first-order chi connectivity index (χ1) is 17.9. The average Bonchev–Trinajstić information content (AvgIpc) is 3.17. The molecule has 0 spiro atoms. The standard InChI is InChI=1S/C28H28N2O7/c1-5-37-20-11-9-17(10-12-20)25(31)23-24(18-14-21(34-2)27(36-4)22(15-18)35-3)30(28(33)26(23)32)16-19-8-6-7-13-29-19/h6-15,24,31H,5,16H2,1-4H3/b25-23+. The van der Waals surface area contributed by atoms with Gasteiger partial charge in [-0.25, -0.2) is 0 Å². The van der Waals surface area contributed by atoms with Crippen LogP contribution in [0.25, 0.3) is 5.76 Å². The molecular weight excluding hydrogens is 476 g/mol. The van der Waals surface area contributed by atoms with Gasteiger partial charge in [-0.05, 0) is 61.0 Å². The largest absolute Gasteiger partial charge is 0.507 e. The fourth-order valence-corrected chi connectivity index (χ4v) is 4.35. The van der Waals surface area contributed by atoms with Gasteiger partial charge in [0.1, 0.15) is 11.5 Å². The Bertz CT molecular complexity index is 1300. The van der Waals surface area contributed by atoms with Crippen LogP contribution in [0.1, 0.15) is 29.8 Å². The Kier molecular flexibility index (Phi) is 7.62. The molecule has 1 atom stereocenters. The second-order valence-electron chi connectivity index (χ2n) is 8.16. The van der Waals surface area contributed by atoms with Crippen molar-refractivity contribution in [2.75, 3.05) is 27.9 Å². The number of amides is 1. The first-order valence-electron chi connectivity index (χ1n) is 11.6. The maximum Gasteiger partial charge on any atom is 0.296 e. The summed E-state index contributed by atoms with van der Waals surface area (Å²) < 4.78 is 21.9. The summed E-state index contributed by atoms with van der Waals surface area (Å²) in [6.07, 6.45) is 1.61. The average molecular weight is 505 g/mol. The fourth-order valence-electron chi connectivity index (χ4n) is 4.35. The van der Waals surface area contributed by atoms with Crippen LogP contribution in [-0.2, 0) is 16.1 Å². The smallest absolute Gasteiger partial charge is 0.296 e. The number of rotatable bonds is 9. The molecule has 0 saturated carbocycles. The summed E-state index contributed by atoms with van der Waals surface area (Å²) in [6.45, 7) is 2.41. The van der Waals surface area contributed by atoms with Crippen LogP contribution in [0.4, 0.5) is 0 Å². The minimum absolute atomic E-state index is 0.0484. The van der Waals surface area contributed by atoms with Crippen molar-refractivity contribution in [2.24, 2.45) is 0 Å². The van der Waals surface area contributed by atoms with Gasteiger partial charge in [0.2, 0.25) is 5.75 Å². The quantitative estimate of drug-likeness (QED) is 0.263. The molecule has 9 heteroatoms. The predicted octanol–water partition coefficient (Wildman–Crippen LogP) is 4.13. The number of ketones is 1. The van der Waals surface area contributed by atoms with Gasteiger partial charge in [-0.1, -0.05) is 6.07 Å². The van der Waals surface area contributed by atoms with Crippen LogP contribution >= 0.6 is 0 Å². The van der Waals surface area contributed by atoms with E-state index in [1.165, 1.54) is 26.2 Å². The highest BCUT2D eigenvalue weighted by molar-refractivity contribution is 6.46. The van der Waals surface area contributed by atoms with Gasteiger partial charge >= 0.3 is 0 Å². The number of benzene rings is 2. The van der Waals surface area contributed by atoms with Crippen molar-refractivity contribution in [1.29, 1.82) is 0 Å². The van der Waals surface area contributed by atoms with Crippen LogP contribution in [0.5, 0.6) is 23.0 Å². The number of hydrogen-bond acceptors (Lipinski definition) is 8. The molecule has 1 aromatic heterocycles. The zero-order valence-electron chi connectivity index (χ0n) is 21.1. The minimum Gasteiger partial charge on any atom is -0.507 e. The zero-order chi connectivity index (χ0) is 26.5. The van der Waals surface area contributed by atoms with E-state index in [-0.39, 0.29) is 17.9 Å². The maximum atomic E-state index is 13.4. The number of aliphatic hydroxyl groups is 1. The SMILES string of the molecule is CCOc1ccc(/C(O)=C2\C(=O)C(=O)N(Cc3ccccn3)C2c2cc(OC)c(OC)c(OC)c2)cc1. The number of likely N-dealkylation sites (tertiary alicyclic amines) is 1. The van der Waals surface area contributed by atoms with Gasteiger partial charge in [0.25, 0.3) is 11.7 Å². The molecule has 4 rings (SSSR count). The van der Waals surface area contributed by atoms with Crippen molar-refractivity contribution < 1.29 is 33.6 Å². The number of hydrogen-bond donors (Lipinski definition) is 1. The van der Waals surface area contributed by atoms with Crippen LogP contribution in [-0.4, -0.2) is 54.6 Å². The molecular formula is C28H28N2O7. The van der Waals surface area contributed by atoms with E-state index in [9.17, 15) is 14.7 Å². The summed E-state index contributed by atoms with van der Waals surface area (Å²) in [6, 6.07) is 14.4. The van der Waals surface area contributed by atoms with Gasteiger partial charge < -0.3 is 29.0 Å². The maximum absolute atomic E-state index is 13.4. The molecule has 1 fully saturated rings. The van der Waals surface area contributed by atoms with Crippen molar-refractivity contribution >= 4 is 17.4 Å². The lowest BCUT2D eigenvalue weighted by Crippen LogP contribution is -2.29. The second kappa shape index (κ2) is 11.0. The van der Waals surface area contributed by atoms with E-state index in [0.717, 1.165) is 0 Å². The van der Waals surface area contributed by atoms with E-state index < -0.39 is 17.7 Å². The summed E-state index contributed by atoms with van der Waals surface area (Å²) in [5.74, 6) is -0.179. The Morgan fingerprint density at radius 1 is 0.973 bits per heavy atom. The van der Waals surface area contributed by atoms with Crippen molar-refractivity contribution in [2.45, 2.75) is 19.5 Å². The lowest BCUT2D eigenvalue weighted by molar-refractivity contribution is -0.140. The number of ether oxygens (including phenoxy) is 4. The molecule has 1 aliphatic rings. The second-order valence-corrected chi connectivity index (χ2v) is 8.16. The van der Waals surface area contributed by atoms with E-state index in [1.54, 1.807) is 60.8 Å². The summed E-state index contributed by atoms with van der Waals surface area (Å²) >= 11 is 0. The first kappa shape index (κ1) is 25.6. The van der Waals surface area contributed by atoms with Crippen LogP contribution < -0.4 is 18.9 Å². The van der Waals surface area contributed by atoms with Crippen molar-refractivity contribution in [3.63, 3.8) is 0 Å². The molecule has 1 saturated heterocycles. The lowest BCUT2D eigenvalue weighted by Gasteiger charge is -2.26. The highest BCUT2D eigenvalue weighted by Gasteiger charge is 2.46. The molecule has 1 aliphatic heterocycles. The Hall–Kier alpha value is -4.53. The van der Waals surface area contributed by atoms with E-state index in [4.69, 9.17) is 18.9 Å². The molecule has 0 radical (unpaired) electrons. The highest BCUT2D eigenvalue weighted by atomic mass is 16.5. The van der Waals surface area contributed by atoms with E-state index >= 15 is 0 Å². The monoisotopic (exact) mass is 504 g/mol. The van der Waals surface area contributed by atoms with Gasteiger partial charge in [-0.2, -0.15) is 0 Å². The molecule has 2 heterocycles. The number of Topliss-reactive ketones (excluding diaryl/α,β-unsaturated/α-hetero) is 1. The third-order valence-electron chi connectivity index (χ3n) is 6.04. The predicted molar refractivity (Wildman–Crippen MR) is 136 cm³/mol. The van der Waals surface area contributed by atoms with Crippen molar-refractivity contribution in [1.82, 2.24) is 9.88 Å². The molecule has 9 nitrogen and oxygen atoms in total. The number of aromatic nitrogens is 1. The molecule has 2 aromatic carbocycles. The van der Waals surface area contributed by atoms with Crippen LogP contribution in [0.2, 0.25) is 0 Å². The van der Waals surface area contributed by atoms with E-state index in [2.05, 4.69) is 4.98 Å². The molecule has 37 heavy (non-hydrogen) atoms. The summed E-state index contributed by atoms with van der Waals surface area (Å²) in [7, 11) is 4.44. The summed E-state index contributed by atoms with van der Waals surface area (Å²) in [5, 5.41) is 11.3. The number of pyridine rings is 1. The fraction of sp³-hybridized carbons (Fsp3) is 0.250. The zero-order valence-corrected chi connectivity index (χ0v) is 21.1. The topological polar surface area (TPSA) is 107 Å². The van der Waals surface area contributed by atoms with Gasteiger partial charge in [0.15, 0.2) is 11.5 Å². The van der Waals surface area contributed by atoms with Gasteiger partial charge in [-0.15, -0.1) is 0 Å². The summed E-state index contributed by atoms with van der Waals surface area (Å²) in [4.78, 5) is 32.4. The van der Waals surface area contributed by atoms with E-state index in [1.807, 2.05) is 6.92 Å². The third kappa shape index (κ3) is 4.93. The number of methoxy groups -OCH3 is 3. The number of nitrogens with zero attached hydrogens (tertiary/aromatic N) is 2. The Labute approximate surface area is 214 Å². The number of carbonyl (C=O) groups is 2. The Morgan fingerprint density at radius 2 is 1.65 bits per heavy atom. The molecule has 0 aliphatic carbocycles. The van der Waals surface area contributed by atoms with Crippen LogP contribution in [0, 0.1) is 0 Å². The molecule has 1 unspecified atom stereocenters. The number of carbonyl (C=O) groups excluding carboxylic acids is 2. The normalized spacial score (nSPS) is 16.5. The molecule has 3 aromatic rings. The van der Waals surface area contributed by atoms with Crippen LogP contribution in [0.15, 0.2) is 66.4 Å². The minimum atomic E-state index is -0.942. The van der Waals surface area contributed by atoms with Gasteiger partial charge in [-0.3, -0.25) is 14.6 Å². The molecule has 1 amide bonds.